The van der Waals surface area contributed by atoms with E-state index in [1.165, 1.54) is 24.7 Å². The first-order chi connectivity index (χ1) is 12.0. The SMILES string of the molecule is C[C@](O)(CNC1CCN(C(=O)c2ccoc2)CC1)c1ccc(F)cc1. The van der Waals surface area contributed by atoms with Gasteiger partial charge in [-0.2, -0.15) is 0 Å². The Labute approximate surface area is 146 Å². The van der Waals surface area contributed by atoms with Gasteiger partial charge in [0.25, 0.3) is 5.91 Å². The maximum Gasteiger partial charge on any atom is 0.257 e. The molecule has 0 bridgehead atoms. The summed E-state index contributed by atoms with van der Waals surface area (Å²) in [6.07, 6.45) is 4.61. The molecule has 0 radical (unpaired) electrons. The van der Waals surface area contributed by atoms with Crippen LogP contribution in [0.3, 0.4) is 0 Å². The minimum Gasteiger partial charge on any atom is -0.472 e. The number of carbonyl (C=O) groups is 1. The van der Waals surface area contributed by atoms with Crippen molar-refractivity contribution in [2.24, 2.45) is 0 Å². The van der Waals surface area contributed by atoms with Crippen LogP contribution in [-0.2, 0) is 5.60 Å². The van der Waals surface area contributed by atoms with E-state index in [9.17, 15) is 14.3 Å². The number of nitrogens with one attached hydrogen (secondary N) is 1. The fraction of sp³-hybridized carbons (Fsp3) is 0.421. The summed E-state index contributed by atoms with van der Waals surface area (Å²) in [6, 6.07) is 7.81. The molecule has 1 aromatic carbocycles. The van der Waals surface area contributed by atoms with Crippen LogP contribution in [-0.4, -0.2) is 41.6 Å². The van der Waals surface area contributed by atoms with E-state index in [0.29, 0.717) is 30.8 Å². The molecule has 6 heteroatoms. The van der Waals surface area contributed by atoms with Crippen LogP contribution >= 0.6 is 0 Å². The normalized spacial score (nSPS) is 18.1. The predicted octanol–water partition coefficient (Wildman–Crippen LogP) is 2.52. The van der Waals surface area contributed by atoms with E-state index in [-0.39, 0.29) is 17.8 Å². The van der Waals surface area contributed by atoms with E-state index < -0.39 is 5.60 Å². The Hall–Kier alpha value is -2.18. The van der Waals surface area contributed by atoms with Crippen LogP contribution < -0.4 is 5.32 Å². The molecule has 5 nitrogen and oxygen atoms in total. The second kappa shape index (κ2) is 7.37. The number of amides is 1. The highest BCUT2D eigenvalue weighted by Gasteiger charge is 2.27. The molecule has 1 aliphatic heterocycles. The summed E-state index contributed by atoms with van der Waals surface area (Å²) in [5.41, 5.74) is 0.178. The number of piperidine rings is 1. The van der Waals surface area contributed by atoms with Gasteiger partial charge in [-0.15, -0.1) is 0 Å². The number of aliphatic hydroxyl groups is 1. The summed E-state index contributed by atoms with van der Waals surface area (Å²) in [7, 11) is 0. The molecule has 3 rings (SSSR count). The Kier molecular flexibility index (Phi) is 5.20. The average Bonchev–Trinajstić information content (AvgIpc) is 3.15. The molecule has 1 fully saturated rings. The van der Waals surface area contributed by atoms with Crippen molar-refractivity contribution in [1.82, 2.24) is 10.2 Å². The molecule has 0 unspecified atom stereocenters. The van der Waals surface area contributed by atoms with E-state index in [2.05, 4.69) is 5.32 Å². The van der Waals surface area contributed by atoms with Crippen molar-refractivity contribution in [3.05, 3.63) is 59.8 Å². The summed E-state index contributed by atoms with van der Waals surface area (Å²) in [6.45, 7) is 3.42. The van der Waals surface area contributed by atoms with Gasteiger partial charge in [-0.1, -0.05) is 12.1 Å². The highest BCUT2D eigenvalue weighted by Crippen LogP contribution is 2.21. The Morgan fingerprint density at radius 3 is 2.60 bits per heavy atom. The zero-order valence-electron chi connectivity index (χ0n) is 14.2. The third-order valence-corrected chi connectivity index (χ3v) is 4.75. The Bertz CT molecular complexity index is 690. The molecule has 1 amide bonds. The Morgan fingerprint density at radius 1 is 1.32 bits per heavy atom. The van der Waals surface area contributed by atoms with Gasteiger partial charge in [0.1, 0.15) is 12.1 Å². The first kappa shape index (κ1) is 17.6. The lowest BCUT2D eigenvalue weighted by Crippen LogP contribution is -2.48. The molecular weight excluding hydrogens is 323 g/mol. The van der Waals surface area contributed by atoms with Crippen molar-refractivity contribution in [2.75, 3.05) is 19.6 Å². The number of rotatable bonds is 5. The van der Waals surface area contributed by atoms with Crippen LogP contribution in [0.25, 0.3) is 0 Å². The molecule has 1 saturated heterocycles. The third-order valence-electron chi connectivity index (χ3n) is 4.75. The van der Waals surface area contributed by atoms with Crippen LogP contribution in [0.15, 0.2) is 47.3 Å². The standard InChI is InChI=1S/C19H23FN2O3/c1-19(24,15-2-4-16(20)5-3-15)13-21-17-6-9-22(10-7-17)18(23)14-8-11-25-12-14/h2-5,8,11-12,17,21,24H,6-7,9-10,13H2,1H3/t19-/m0/s1. The minimum absolute atomic E-state index is 0.00879. The largest absolute Gasteiger partial charge is 0.472 e. The van der Waals surface area contributed by atoms with Crippen molar-refractivity contribution in [3.63, 3.8) is 0 Å². The van der Waals surface area contributed by atoms with Gasteiger partial charge in [0.2, 0.25) is 0 Å². The fourth-order valence-corrected chi connectivity index (χ4v) is 3.11. The fourth-order valence-electron chi connectivity index (χ4n) is 3.11. The van der Waals surface area contributed by atoms with Gasteiger partial charge in [-0.05, 0) is 43.5 Å². The molecule has 2 aromatic rings. The number of likely N-dealkylation sites (tertiary alicyclic amines) is 1. The van der Waals surface area contributed by atoms with Crippen molar-refractivity contribution in [1.29, 1.82) is 0 Å². The van der Waals surface area contributed by atoms with Crippen molar-refractivity contribution in [3.8, 4) is 0 Å². The molecule has 1 aliphatic rings. The molecule has 2 heterocycles. The number of carbonyl (C=O) groups excluding carboxylic acids is 1. The monoisotopic (exact) mass is 346 g/mol. The summed E-state index contributed by atoms with van der Waals surface area (Å²) in [4.78, 5) is 14.1. The van der Waals surface area contributed by atoms with E-state index >= 15 is 0 Å². The average molecular weight is 346 g/mol. The van der Waals surface area contributed by atoms with Crippen LogP contribution in [0.1, 0.15) is 35.7 Å². The van der Waals surface area contributed by atoms with Gasteiger partial charge >= 0.3 is 0 Å². The molecule has 0 saturated carbocycles. The van der Waals surface area contributed by atoms with Crippen molar-refractivity contribution < 1.29 is 18.7 Å². The number of halogens is 1. The lowest BCUT2D eigenvalue weighted by atomic mass is 9.95. The number of hydrogen-bond donors (Lipinski definition) is 2. The molecule has 2 N–H and O–H groups in total. The first-order valence-electron chi connectivity index (χ1n) is 8.49. The quantitative estimate of drug-likeness (QED) is 0.873. The molecular formula is C19H23FN2O3. The smallest absolute Gasteiger partial charge is 0.257 e. The summed E-state index contributed by atoms with van der Waals surface area (Å²) < 4.78 is 18.0. The zero-order chi connectivity index (χ0) is 17.9. The highest BCUT2D eigenvalue weighted by molar-refractivity contribution is 5.93. The van der Waals surface area contributed by atoms with Gasteiger partial charge < -0.3 is 19.7 Å². The second-order valence-electron chi connectivity index (χ2n) is 6.74. The molecule has 1 aromatic heterocycles. The van der Waals surface area contributed by atoms with Crippen LogP contribution in [0.5, 0.6) is 0 Å². The molecule has 0 spiro atoms. The van der Waals surface area contributed by atoms with E-state index in [1.54, 1.807) is 25.1 Å². The Morgan fingerprint density at radius 2 is 2.00 bits per heavy atom. The minimum atomic E-state index is -1.07. The topological polar surface area (TPSA) is 65.7 Å². The van der Waals surface area contributed by atoms with Crippen LogP contribution in [0.2, 0.25) is 0 Å². The summed E-state index contributed by atoms with van der Waals surface area (Å²) in [5.74, 6) is -0.326. The highest BCUT2D eigenvalue weighted by atomic mass is 19.1. The van der Waals surface area contributed by atoms with E-state index in [0.717, 1.165) is 12.8 Å². The lowest BCUT2D eigenvalue weighted by Gasteiger charge is -2.34. The predicted molar refractivity (Wildman–Crippen MR) is 91.6 cm³/mol. The summed E-state index contributed by atoms with van der Waals surface area (Å²) >= 11 is 0. The number of hydrogen-bond acceptors (Lipinski definition) is 4. The zero-order valence-corrected chi connectivity index (χ0v) is 14.2. The number of furan rings is 1. The van der Waals surface area contributed by atoms with Crippen LogP contribution in [0, 0.1) is 5.82 Å². The second-order valence-corrected chi connectivity index (χ2v) is 6.74. The number of nitrogens with zero attached hydrogens (tertiary/aromatic N) is 1. The van der Waals surface area contributed by atoms with Crippen molar-refractivity contribution >= 4 is 5.91 Å². The van der Waals surface area contributed by atoms with Crippen LogP contribution in [0.4, 0.5) is 4.39 Å². The maximum atomic E-state index is 13.0. The van der Waals surface area contributed by atoms with Gasteiger partial charge in [0.15, 0.2) is 0 Å². The van der Waals surface area contributed by atoms with E-state index in [4.69, 9.17) is 4.42 Å². The molecule has 0 aliphatic carbocycles. The lowest BCUT2D eigenvalue weighted by molar-refractivity contribution is 0.0481. The molecule has 1 atom stereocenters. The first-order valence-corrected chi connectivity index (χ1v) is 8.49. The molecule has 134 valence electrons. The Balaban J connectivity index is 1.49. The number of benzene rings is 1. The summed E-state index contributed by atoms with van der Waals surface area (Å²) in [5, 5.41) is 14.0. The van der Waals surface area contributed by atoms with E-state index in [1.807, 2.05) is 4.90 Å². The third kappa shape index (κ3) is 4.27. The van der Waals surface area contributed by atoms with Gasteiger partial charge in [0.05, 0.1) is 17.4 Å². The molecule has 25 heavy (non-hydrogen) atoms. The van der Waals surface area contributed by atoms with Crippen molar-refractivity contribution in [2.45, 2.75) is 31.4 Å². The van der Waals surface area contributed by atoms with Gasteiger partial charge in [0, 0.05) is 25.7 Å². The van der Waals surface area contributed by atoms with Gasteiger partial charge in [-0.25, -0.2) is 4.39 Å². The van der Waals surface area contributed by atoms with Gasteiger partial charge in [-0.3, -0.25) is 4.79 Å². The maximum absolute atomic E-state index is 13.0.